The topological polar surface area (TPSA) is 75.4 Å². The third-order valence-corrected chi connectivity index (χ3v) is 3.94. The van der Waals surface area contributed by atoms with Crippen LogP contribution in [-0.4, -0.2) is 24.9 Å². The van der Waals surface area contributed by atoms with Gasteiger partial charge in [-0.1, -0.05) is 0 Å². The second-order valence-electron chi connectivity index (χ2n) is 6.19. The molecule has 5 nitrogen and oxygen atoms in total. The molecule has 1 fully saturated rings. The molecule has 1 aromatic rings. The van der Waals surface area contributed by atoms with Crippen LogP contribution < -0.4 is 16.0 Å². The zero-order valence-electron chi connectivity index (χ0n) is 12.9. The van der Waals surface area contributed by atoms with Gasteiger partial charge in [0.1, 0.15) is 0 Å². The van der Waals surface area contributed by atoms with Gasteiger partial charge in [-0.3, -0.25) is 9.59 Å². The maximum absolute atomic E-state index is 12.1. The van der Waals surface area contributed by atoms with Crippen molar-refractivity contribution < 1.29 is 9.59 Å². The molecule has 0 aliphatic carbocycles. The first kappa shape index (κ1) is 15.5. The smallest absolute Gasteiger partial charge is 0.231 e. The number of nitrogens with one attached hydrogen (secondary N) is 1. The number of carbonyl (C=O) groups excluding carboxylic acids is 2. The highest BCUT2D eigenvalue weighted by Gasteiger charge is 2.26. The van der Waals surface area contributed by atoms with Gasteiger partial charge in [0.05, 0.1) is 5.41 Å². The highest BCUT2D eigenvalue weighted by molar-refractivity contribution is 5.98. The molecule has 0 spiro atoms. The monoisotopic (exact) mass is 289 g/mol. The number of nitrogens with zero attached hydrogens (tertiary/aromatic N) is 1. The van der Waals surface area contributed by atoms with Crippen molar-refractivity contribution in [2.24, 2.45) is 11.1 Å². The van der Waals surface area contributed by atoms with E-state index in [2.05, 4.69) is 5.32 Å². The van der Waals surface area contributed by atoms with Gasteiger partial charge >= 0.3 is 0 Å². The first-order chi connectivity index (χ1) is 9.85. The normalized spacial score (nSPS) is 15.4. The highest BCUT2D eigenvalue weighted by atomic mass is 16.2. The molecule has 0 unspecified atom stereocenters. The Labute approximate surface area is 125 Å². The van der Waals surface area contributed by atoms with Gasteiger partial charge in [-0.25, -0.2) is 0 Å². The molecule has 21 heavy (non-hydrogen) atoms. The quantitative estimate of drug-likeness (QED) is 0.890. The zero-order chi connectivity index (χ0) is 15.6. The van der Waals surface area contributed by atoms with Crippen LogP contribution in [0.25, 0.3) is 0 Å². The second-order valence-corrected chi connectivity index (χ2v) is 6.19. The number of hydrogen-bond acceptors (Lipinski definition) is 3. The van der Waals surface area contributed by atoms with Crippen molar-refractivity contribution in [2.45, 2.75) is 33.6 Å². The fourth-order valence-corrected chi connectivity index (χ4v) is 2.33. The summed E-state index contributed by atoms with van der Waals surface area (Å²) in [6.07, 6.45) is 1.52. The summed E-state index contributed by atoms with van der Waals surface area (Å²) >= 11 is 0. The van der Waals surface area contributed by atoms with Gasteiger partial charge in [-0.15, -0.1) is 0 Å². The third kappa shape index (κ3) is 3.24. The van der Waals surface area contributed by atoms with Gasteiger partial charge in [0.2, 0.25) is 11.8 Å². The highest BCUT2D eigenvalue weighted by Crippen LogP contribution is 2.28. The molecule has 1 aromatic carbocycles. The Balaban J connectivity index is 2.16. The summed E-state index contributed by atoms with van der Waals surface area (Å²) in [5, 5.41) is 2.88. The summed E-state index contributed by atoms with van der Waals surface area (Å²) in [7, 11) is 0. The molecule has 0 saturated carbocycles. The van der Waals surface area contributed by atoms with Crippen LogP contribution in [0.2, 0.25) is 0 Å². The zero-order valence-corrected chi connectivity index (χ0v) is 12.9. The Morgan fingerprint density at radius 3 is 2.67 bits per heavy atom. The molecular formula is C16H23N3O2. The summed E-state index contributed by atoms with van der Waals surface area (Å²) in [4.78, 5) is 25.7. The number of nitrogens with two attached hydrogens (primary N) is 1. The third-order valence-electron chi connectivity index (χ3n) is 3.94. The van der Waals surface area contributed by atoms with Gasteiger partial charge in [0.25, 0.3) is 0 Å². The minimum atomic E-state index is -0.600. The van der Waals surface area contributed by atoms with E-state index in [-0.39, 0.29) is 18.4 Å². The molecule has 2 rings (SSSR count). The molecule has 1 aliphatic rings. The maximum atomic E-state index is 12.1. The van der Waals surface area contributed by atoms with Gasteiger partial charge in [0, 0.05) is 30.9 Å². The standard InChI is InChI=1S/C16H23N3O2/c1-11-9-12(18-15(21)16(2,3)10-17)6-7-13(11)19-8-4-5-14(19)20/h6-7,9H,4-5,8,10,17H2,1-3H3,(H,18,21). The van der Waals surface area contributed by atoms with Crippen molar-refractivity contribution in [3.63, 3.8) is 0 Å². The van der Waals surface area contributed by atoms with Gasteiger partial charge in [-0.05, 0) is 51.0 Å². The van der Waals surface area contributed by atoms with Crippen LogP contribution >= 0.6 is 0 Å². The minimum absolute atomic E-state index is 0.102. The van der Waals surface area contributed by atoms with Crippen LogP contribution in [0.1, 0.15) is 32.3 Å². The molecular weight excluding hydrogens is 266 g/mol. The lowest BCUT2D eigenvalue weighted by molar-refractivity contribution is -0.123. The number of aryl methyl sites for hydroxylation is 1. The van der Waals surface area contributed by atoms with Crippen molar-refractivity contribution in [3.05, 3.63) is 23.8 Å². The van der Waals surface area contributed by atoms with E-state index >= 15 is 0 Å². The number of rotatable bonds is 4. The molecule has 1 aliphatic heterocycles. The van der Waals surface area contributed by atoms with Crippen LogP contribution in [-0.2, 0) is 9.59 Å². The first-order valence-corrected chi connectivity index (χ1v) is 7.28. The maximum Gasteiger partial charge on any atom is 0.231 e. The molecule has 0 atom stereocenters. The lowest BCUT2D eigenvalue weighted by atomic mass is 9.92. The number of hydrogen-bond donors (Lipinski definition) is 2. The number of benzene rings is 1. The summed E-state index contributed by atoms with van der Waals surface area (Å²) in [6, 6.07) is 5.62. The summed E-state index contributed by atoms with van der Waals surface area (Å²) in [6.45, 7) is 6.63. The van der Waals surface area contributed by atoms with E-state index in [1.54, 1.807) is 0 Å². The Bertz CT molecular complexity index is 567. The van der Waals surface area contributed by atoms with E-state index in [9.17, 15) is 9.59 Å². The average molecular weight is 289 g/mol. The lowest BCUT2D eigenvalue weighted by Crippen LogP contribution is -2.37. The predicted octanol–water partition coefficient (Wildman–Crippen LogP) is 2.05. The van der Waals surface area contributed by atoms with Crippen molar-refractivity contribution >= 4 is 23.2 Å². The number of amides is 2. The molecule has 0 bridgehead atoms. The molecule has 2 amide bonds. The van der Waals surface area contributed by atoms with E-state index in [1.165, 1.54) is 0 Å². The minimum Gasteiger partial charge on any atom is -0.329 e. The van der Waals surface area contributed by atoms with E-state index in [4.69, 9.17) is 5.73 Å². The average Bonchev–Trinajstić information content (AvgIpc) is 2.85. The second kappa shape index (κ2) is 5.85. The largest absolute Gasteiger partial charge is 0.329 e. The van der Waals surface area contributed by atoms with Gasteiger partial charge in [0.15, 0.2) is 0 Å². The molecule has 0 radical (unpaired) electrons. The fraction of sp³-hybridized carbons (Fsp3) is 0.500. The van der Waals surface area contributed by atoms with E-state index < -0.39 is 5.41 Å². The number of carbonyl (C=O) groups is 2. The van der Waals surface area contributed by atoms with E-state index in [0.29, 0.717) is 6.42 Å². The first-order valence-electron chi connectivity index (χ1n) is 7.28. The van der Waals surface area contributed by atoms with Gasteiger partial charge < -0.3 is 16.0 Å². The van der Waals surface area contributed by atoms with E-state index in [1.807, 2.05) is 43.9 Å². The molecule has 0 aromatic heterocycles. The van der Waals surface area contributed by atoms with Gasteiger partial charge in [-0.2, -0.15) is 0 Å². The van der Waals surface area contributed by atoms with Crippen LogP contribution in [0.15, 0.2) is 18.2 Å². The Morgan fingerprint density at radius 1 is 1.43 bits per heavy atom. The van der Waals surface area contributed by atoms with Crippen molar-refractivity contribution in [2.75, 3.05) is 23.3 Å². The molecule has 1 saturated heterocycles. The summed E-state index contributed by atoms with van der Waals surface area (Å²) in [5.41, 5.74) is 7.64. The Morgan fingerprint density at radius 2 is 2.14 bits per heavy atom. The molecule has 114 valence electrons. The Hall–Kier alpha value is -1.88. The van der Waals surface area contributed by atoms with Crippen LogP contribution in [0.5, 0.6) is 0 Å². The molecule has 3 N–H and O–H groups in total. The fourth-order valence-electron chi connectivity index (χ4n) is 2.33. The van der Waals surface area contributed by atoms with Crippen LogP contribution in [0.4, 0.5) is 11.4 Å². The molecule has 1 heterocycles. The predicted molar refractivity (Wildman–Crippen MR) is 84.2 cm³/mol. The SMILES string of the molecule is Cc1cc(NC(=O)C(C)(C)CN)ccc1N1CCCC1=O. The van der Waals surface area contributed by atoms with Crippen molar-refractivity contribution in [1.82, 2.24) is 0 Å². The van der Waals surface area contributed by atoms with Crippen LogP contribution in [0, 0.1) is 12.3 Å². The summed E-state index contributed by atoms with van der Waals surface area (Å²) in [5.74, 6) is 0.0635. The van der Waals surface area contributed by atoms with Crippen molar-refractivity contribution in [3.8, 4) is 0 Å². The molecule has 5 heteroatoms. The summed E-state index contributed by atoms with van der Waals surface area (Å²) < 4.78 is 0. The van der Waals surface area contributed by atoms with Crippen LogP contribution in [0.3, 0.4) is 0 Å². The number of anilines is 2. The van der Waals surface area contributed by atoms with E-state index in [0.717, 1.165) is 29.9 Å². The van der Waals surface area contributed by atoms with Crippen molar-refractivity contribution in [1.29, 1.82) is 0 Å². The lowest BCUT2D eigenvalue weighted by Gasteiger charge is -2.22. The Kier molecular flexibility index (Phi) is 4.32.